The van der Waals surface area contributed by atoms with Gasteiger partial charge in [-0.25, -0.2) is 0 Å². The van der Waals surface area contributed by atoms with Crippen LogP contribution < -0.4 is 4.90 Å². The van der Waals surface area contributed by atoms with Crippen molar-refractivity contribution in [3.8, 4) is 22.3 Å². The highest BCUT2D eigenvalue weighted by molar-refractivity contribution is 5.96. The summed E-state index contributed by atoms with van der Waals surface area (Å²) in [4.78, 5) is 2.51. The Labute approximate surface area is 304 Å². The minimum absolute atomic E-state index is 0.115. The van der Waals surface area contributed by atoms with Crippen molar-refractivity contribution in [2.75, 3.05) is 4.90 Å². The molecule has 0 heterocycles. The second kappa shape index (κ2) is 12.3. The van der Waals surface area contributed by atoms with Crippen molar-refractivity contribution in [1.29, 1.82) is 0 Å². The van der Waals surface area contributed by atoms with Crippen molar-refractivity contribution in [3.05, 3.63) is 150 Å². The molecule has 254 valence electrons. The number of nitrogens with zero attached hydrogens (tertiary/aromatic N) is 1. The second-order valence-electron chi connectivity index (χ2n) is 16.8. The molecule has 3 saturated carbocycles. The summed E-state index contributed by atoms with van der Waals surface area (Å²) in [5.41, 5.74) is 14.9. The van der Waals surface area contributed by atoms with Crippen LogP contribution in [0.3, 0.4) is 0 Å². The van der Waals surface area contributed by atoms with Gasteiger partial charge in [0.2, 0.25) is 0 Å². The summed E-state index contributed by atoms with van der Waals surface area (Å²) in [7, 11) is 0. The van der Waals surface area contributed by atoms with Gasteiger partial charge in [-0.15, -0.1) is 0 Å². The molecule has 3 atom stereocenters. The van der Waals surface area contributed by atoms with Crippen LogP contribution in [0.15, 0.2) is 127 Å². The molecule has 1 nitrogen and oxygen atoms in total. The lowest BCUT2D eigenvalue weighted by atomic mass is 9.81. The van der Waals surface area contributed by atoms with Gasteiger partial charge in [0.15, 0.2) is 0 Å². The van der Waals surface area contributed by atoms with Gasteiger partial charge >= 0.3 is 0 Å². The van der Waals surface area contributed by atoms with Crippen LogP contribution in [0.25, 0.3) is 33.0 Å². The molecule has 3 fully saturated rings. The van der Waals surface area contributed by atoms with E-state index in [1.54, 1.807) is 5.56 Å². The molecule has 0 saturated heterocycles. The van der Waals surface area contributed by atoms with Gasteiger partial charge in [0.25, 0.3) is 0 Å². The number of anilines is 3. The molecular weight excluding hydrogens is 615 g/mol. The summed E-state index contributed by atoms with van der Waals surface area (Å²) in [5, 5.41) is 2.58. The molecule has 0 radical (unpaired) electrons. The lowest BCUT2D eigenvalue weighted by molar-refractivity contribution is 0.420. The summed E-state index contributed by atoms with van der Waals surface area (Å²) in [5.74, 6) is 3.30. The van der Waals surface area contributed by atoms with Gasteiger partial charge in [0, 0.05) is 22.5 Å². The van der Waals surface area contributed by atoms with Crippen LogP contribution in [0.4, 0.5) is 17.1 Å². The molecular formula is C50H49N. The zero-order chi connectivity index (χ0) is 34.1. The highest BCUT2D eigenvalue weighted by atomic mass is 15.1. The molecule has 0 aliphatic heterocycles. The van der Waals surface area contributed by atoms with Gasteiger partial charge in [-0.2, -0.15) is 0 Å². The average molecular weight is 664 g/mol. The van der Waals surface area contributed by atoms with E-state index in [9.17, 15) is 0 Å². The first kappa shape index (κ1) is 31.1. The fraction of sp³-hybridized carbons (Fsp3) is 0.320. The number of hydrogen-bond donors (Lipinski definition) is 0. The van der Waals surface area contributed by atoms with Crippen molar-refractivity contribution in [2.45, 2.75) is 88.9 Å². The van der Waals surface area contributed by atoms with Crippen LogP contribution in [0.5, 0.6) is 0 Å². The smallest absolute Gasteiger partial charge is 0.0465 e. The van der Waals surface area contributed by atoms with E-state index in [4.69, 9.17) is 0 Å². The first-order valence-electron chi connectivity index (χ1n) is 19.8. The van der Waals surface area contributed by atoms with Gasteiger partial charge in [0.1, 0.15) is 0 Å². The molecule has 0 aromatic heterocycles. The molecule has 0 spiro atoms. The van der Waals surface area contributed by atoms with E-state index in [-0.39, 0.29) is 5.41 Å². The maximum atomic E-state index is 2.51. The zero-order valence-electron chi connectivity index (χ0n) is 30.2. The molecule has 6 aromatic rings. The topological polar surface area (TPSA) is 3.24 Å². The number of hydrogen-bond acceptors (Lipinski definition) is 1. The Morgan fingerprint density at radius 3 is 1.98 bits per heavy atom. The second-order valence-corrected chi connectivity index (χ2v) is 16.8. The lowest BCUT2D eigenvalue weighted by Gasteiger charge is -2.29. The number of fused-ring (bicyclic) bond motifs is 6. The van der Waals surface area contributed by atoms with Gasteiger partial charge in [-0.3, -0.25) is 0 Å². The molecule has 4 aliphatic rings. The molecule has 4 aliphatic carbocycles. The van der Waals surface area contributed by atoms with E-state index in [0.29, 0.717) is 5.92 Å². The van der Waals surface area contributed by atoms with Gasteiger partial charge in [-0.05, 0) is 154 Å². The first-order chi connectivity index (χ1) is 25.0. The first-order valence-corrected chi connectivity index (χ1v) is 19.8. The Hall–Kier alpha value is -4.62. The van der Waals surface area contributed by atoms with Crippen LogP contribution in [0, 0.1) is 11.8 Å². The van der Waals surface area contributed by atoms with E-state index < -0.39 is 0 Å². The van der Waals surface area contributed by atoms with E-state index in [0.717, 1.165) is 17.8 Å². The van der Waals surface area contributed by atoms with Crippen LogP contribution >= 0.6 is 0 Å². The van der Waals surface area contributed by atoms with Crippen LogP contribution in [-0.2, 0) is 5.41 Å². The highest BCUT2D eigenvalue weighted by Gasteiger charge is 2.40. The Kier molecular flexibility index (Phi) is 7.49. The van der Waals surface area contributed by atoms with Gasteiger partial charge in [0.05, 0.1) is 0 Å². The van der Waals surface area contributed by atoms with E-state index in [1.807, 2.05) is 0 Å². The summed E-state index contributed by atoms with van der Waals surface area (Å²) in [6.45, 7) is 4.83. The zero-order valence-corrected chi connectivity index (χ0v) is 30.2. The Bertz CT molecular complexity index is 2230. The van der Waals surface area contributed by atoms with E-state index in [1.165, 1.54) is 125 Å². The van der Waals surface area contributed by atoms with Crippen LogP contribution in [0.2, 0.25) is 0 Å². The summed E-state index contributed by atoms with van der Waals surface area (Å²) < 4.78 is 0. The largest absolute Gasteiger partial charge is 0.310 e. The van der Waals surface area contributed by atoms with E-state index >= 15 is 0 Å². The van der Waals surface area contributed by atoms with Crippen LogP contribution in [-0.4, -0.2) is 0 Å². The molecule has 0 amide bonds. The van der Waals surface area contributed by atoms with Gasteiger partial charge < -0.3 is 4.90 Å². The summed E-state index contributed by atoms with van der Waals surface area (Å²) >= 11 is 0. The van der Waals surface area contributed by atoms with Crippen molar-refractivity contribution in [2.24, 2.45) is 11.8 Å². The lowest BCUT2D eigenvalue weighted by Crippen LogP contribution is -2.16. The van der Waals surface area contributed by atoms with Crippen LogP contribution in [0.1, 0.15) is 106 Å². The average Bonchev–Trinajstić information content (AvgIpc) is 3.88. The maximum absolute atomic E-state index is 2.51. The third kappa shape index (κ3) is 5.26. The molecule has 10 rings (SSSR count). The number of benzene rings is 6. The maximum Gasteiger partial charge on any atom is 0.0465 e. The quantitative estimate of drug-likeness (QED) is 0.171. The van der Waals surface area contributed by atoms with Crippen molar-refractivity contribution in [1.82, 2.24) is 0 Å². The molecule has 2 bridgehead atoms. The minimum Gasteiger partial charge on any atom is -0.310 e. The normalized spacial score (nSPS) is 21.9. The third-order valence-electron chi connectivity index (χ3n) is 13.5. The fourth-order valence-corrected chi connectivity index (χ4v) is 10.8. The van der Waals surface area contributed by atoms with Crippen molar-refractivity contribution in [3.63, 3.8) is 0 Å². The molecule has 1 heteroatoms. The number of rotatable bonds is 6. The molecule has 0 N–H and O–H groups in total. The molecule has 6 aromatic carbocycles. The van der Waals surface area contributed by atoms with Crippen molar-refractivity contribution < 1.29 is 0 Å². The fourth-order valence-electron chi connectivity index (χ4n) is 10.8. The Morgan fingerprint density at radius 1 is 0.529 bits per heavy atom. The SMILES string of the molecule is CC1(C)c2cc(N(c3ccc(C4CCCCC4)cc3)c3ccc(C4CC5CCC4C5)cc3)ccc2-c2c(-c3ccc4ccccc4c3)cccc21. The Morgan fingerprint density at radius 2 is 1.25 bits per heavy atom. The summed E-state index contributed by atoms with van der Waals surface area (Å²) in [6, 6.07) is 49.2. The van der Waals surface area contributed by atoms with Crippen molar-refractivity contribution >= 4 is 27.8 Å². The Balaban J connectivity index is 1.06. The highest BCUT2D eigenvalue weighted by Crippen LogP contribution is 2.55. The van der Waals surface area contributed by atoms with Gasteiger partial charge in [-0.1, -0.05) is 124 Å². The van der Waals surface area contributed by atoms with E-state index in [2.05, 4.69) is 146 Å². The summed E-state index contributed by atoms with van der Waals surface area (Å²) in [6.07, 6.45) is 12.5. The third-order valence-corrected chi connectivity index (χ3v) is 13.5. The standard InChI is InChI=1S/C50H49N/c1-50(2)47-14-8-13-44(40-18-17-35-11-6-7-12-38(35)31-40)49(47)45-28-27-43(32-48(45)50)51(41-23-19-36(20-24-41)34-9-4-3-5-10-34)42-25-21-37(22-26-42)46-30-33-15-16-39(46)29-33/h6-8,11-14,17-28,31-34,39,46H,3-5,9-10,15-16,29-30H2,1-2H3. The predicted molar refractivity (Wildman–Crippen MR) is 216 cm³/mol. The predicted octanol–water partition coefficient (Wildman–Crippen LogP) is 14.2. The minimum atomic E-state index is -0.115. The molecule has 3 unspecified atom stereocenters. The monoisotopic (exact) mass is 663 g/mol. The molecule has 51 heavy (non-hydrogen) atoms.